The Morgan fingerprint density at radius 2 is 1.87 bits per heavy atom. The lowest BCUT2D eigenvalue weighted by Crippen LogP contribution is -2.10. The van der Waals surface area contributed by atoms with Crippen molar-refractivity contribution in [1.82, 2.24) is 0 Å². The highest BCUT2D eigenvalue weighted by Gasteiger charge is 2.33. The van der Waals surface area contributed by atoms with Gasteiger partial charge in [0, 0.05) is 0 Å². The first kappa shape index (κ1) is 11.1. The summed E-state index contributed by atoms with van der Waals surface area (Å²) in [5.41, 5.74) is -1.27. The summed E-state index contributed by atoms with van der Waals surface area (Å²) in [6, 6.07) is 6.55. The summed E-state index contributed by atoms with van der Waals surface area (Å²) in [6.45, 7) is 0. The summed E-state index contributed by atoms with van der Waals surface area (Å²) >= 11 is 0. The lowest BCUT2D eigenvalue weighted by atomic mass is 9.99. The van der Waals surface area contributed by atoms with Gasteiger partial charge in [-0.05, 0) is 17.7 Å². The van der Waals surface area contributed by atoms with Crippen LogP contribution in [0.3, 0.4) is 0 Å². The van der Waals surface area contributed by atoms with Crippen LogP contribution in [0.4, 0.5) is 13.2 Å². The smallest absolute Gasteiger partial charge is 0.198 e. The largest absolute Gasteiger partial charge is 0.416 e. The molecule has 0 unspecified atom stereocenters. The second kappa shape index (κ2) is 4.02. The molecule has 0 aliphatic heterocycles. The molecule has 0 saturated carbocycles. The van der Waals surface area contributed by atoms with E-state index in [-0.39, 0.29) is 11.1 Å². The summed E-state index contributed by atoms with van der Waals surface area (Å²) in [7, 11) is 0. The van der Waals surface area contributed by atoms with Crippen LogP contribution >= 0.6 is 0 Å². The van der Waals surface area contributed by atoms with E-state index in [1.807, 2.05) is 0 Å². The predicted octanol–water partition coefficient (Wildman–Crippen LogP) is 2.64. The molecule has 0 N–H and O–H groups in total. The third kappa shape index (κ3) is 2.26. The Bertz CT molecular complexity index is 449. The normalized spacial score (nSPS) is 10.5. The van der Waals surface area contributed by atoms with Crippen molar-refractivity contribution in [2.24, 2.45) is 0 Å². The number of benzene rings is 1. The summed E-state index contributed by atoms with van der Waals surface area (Å²) in [5.74, 6) is 0. The van der Waals surface area contributed by atoms with Crippen LogP contribution in [0.15, 0.2) is 18.2 Å². The molecule has 0 aliphatic rings. The second-order valence-electron chi connectivity index (χ2n) is 2.78. The van der Waals surface area contributed by atoms with E-state index in [2.05, 4.69) is 0 Å². The maximum Gasteiger partial charge on any atom is 0.416 e. The molecule has 2 nitrogen and oxygen atoms in total. The zero-order valence-corrected chi connectivity index (χ0v) is 7.47. The fraction of sp³-hybridized carbons (Fsp3) is 0.200. The van der Waals surface area contributed by atoms with Gasteiger partial charge in [-0.1, -0.05) is 6.07 Å². The van der Waals surface area contributed by atoms with Crippen molar-refractivity contribution in [1.29, 1.82) is 10.5 Å². The van der Waals surface area contributed by atoms with Gasteiger partial charge in [0.2, 0.25) is 0 Å². The highest BCUT2D eigenvalue weighted by Crippen LogP contribution is 2.33. The first-order chi connectivity index (χ1) is 7.00. The monoisotopic (exact) mass is 210 g/mol. The van der Waals surface area contributed by atoms with Crippen molar-refractivity contribution in [2.75, 3.05) is 0 Å². The molecule has 0 saturated heterocycles. The van der Waals surface area contributed by atoms with Crippen LogP contribution in [0.25, 0.3) is 0 Å². The topological polar surface area (TPSA) is 47.6 Å². The average molecular weight is 210 g/mol. The molecule has 0 aliphatic carbocycles. The Kier molecular flexibility index (Phi) is 2.96. The number of hydrogen-bond acceptors (Lipinski definition) is 2. The molecule has 0 radical (unpaired) electrons. The fourth-order valence-corrected chi connectivity index (χ4v) is 1.23. The van der Waals surface area contributed by atoms with Gasteiger partial charge in [-0.2, -0.15) is 23.7 Å². The molecule has 1 aromatic rings. The van der Waals surface area contributed by atoms with Gasteiger partial charge in [0.1, 0.15) is 0 Å². The van der Waals surface area contributed by atoms with Gasteiger partial charge in [0.05, 0.1) is 29.7 Å². The SMILES string of the molecule is N#CCc1c(C#N)cccc1C(F)(F)F. The fourth-order valence-electron chi connectivity index (χ4n) is 1.23. The van der Waals surface area contributed by atoms with Crippen molar-refractivity contribution in [2.45, 2.75) is 12.6 Å². The minimum Gasteiger partial charge on any atom is -0.198 e. The van der Waals surface area contributed by atoms with E-state index < -0.39 is 18.2 Å². The molecule has 0 amide bonds. The Hall–Kier alpha value is -2.01. The standard InChI is InChI=1S/C10H5F3N2/c11-10(12,13)9-3-1-2-7(6-15)8(9)4-5-14/h1-3H,4H2. The molecule has 0 aromatic heterocycles. The molecule has 0 fully saturated rings. The van der Waals surface area contributed by atoms with E-state index in [0.717, 1.165) is 12.1 Å². The van der Waals surface area contributed by atoms with Crippen LogP contribution in [0.1, 0.15) is 16.7 Å². The van der Waals surface area contributed by atoms with Gasteiger partial charge in [-0.3, -0.25) is 0 Å². The van der Waals surface area contributed by atoms with Gasteiger partial charge in [-0.25, -0.2) is 0 Å². The number of hydrogen-bond donors (Lipinski definition) is 0. The highest BCUT2D eigenvalue weighted by atomic mass is 19.4. The number of alkyl halides is 3. The van der Waals surface area contributed by atoms with Gasteiger partial charge in [-0.15, -0.1) is 0 Å². The minimum absolute atomic E-state index is 0.105. The van der Waals surface area contributed by atoms with Gasteiger partial charge in [0.25, 0.3) is 0 Å². The Balaban J connectivity index is 3.41. The Morgan fingerprint density at radius 3 is 2.33 bits per heavy atom. The number of rotatable bonds is 1. The van der Waals surface area contributed by atoms with Crippen molar-refractivity contribution in [3.05, 3.63) is 34.9 Å². The zero-order valence-electron chi connectivity index (χ0n) is 7.47. The molecular formula is C10H5F3N2. The molecule has 0 bridgehead atoms. The van der Waals surface area contributed by atoms with Crippen LogP contribution < -0.4 is 0 Å². The molecule has 5 heteroatoms. The van der Waals surface area contributed by atoms with E-state index >= 15 is 0 Å². The molecule has 15 heavy (non-hydrogen) atoms. The van der Waals surface area contributed by atoms with E-state index in [0.29, 0.717) is 0 Å². The summed E-state index contributed by atoms with van der Waals surface area (Å²) in [4.78, 5) is 0. The third-order valence-electron chi connectivity index (χ3n) is 1.86. The summed E-state index contributed by atoms with van der Waals surface area (Å²) in [5, 5.41) is 17.0. The molecule has 0 heterocycles. The van der Waals surface area contributed by atoms with Crippen LogP contribution in [-0.2, 0) is 12.6 Å². The number of halogens is 3. The minimum atomic E-state index is -4.53. The van der Waals surface area contributed by atoms with Crippen molar-refractivity contribution >= 4 is 0 Å². The molecule has 76 valence electrons. The number of nitrogens with zero attached hydrogens (tertiary/aromatic N) is 2. The lowest BCUT2D eigenvalue weighted by molar-refractivity contribution is -0.138. The van der Waals surface area contributed by atoms with Gasteiger partial charge < -0.3 is 0 Å². The van der Waals surface area contributed by atoms with Crippen LogP contribution in [0.5, 0.6) is 0 Å². The molecule has 0 spiro atoms. The predicted molar refractivity (Wildman–Crippen MR) is 45.5 cm³/mol. The lowest BCUT2D eigenvalue weighted by Gasteiger charge is -2.11. The van der Waals surface area contributed by atoms with Crippen molar-refractivity contribution < 1.29 is 13.2 Å². The molecule has 1 rings (SSSR count). The molecular weight excluding hydrogens is 205 g/mol. The summed E-state index contributed by atoms with van der Waals surface area (Å²) < 4.78 is 37.4. The maximum atomic E-state index is 12.5. The van der Waals surface area contributed by atoms with Crippen LogP contribution in [0, 0.1) is 22.7 Å². The Labute approximate surface area is 84.2 Å². The van der Waals surface area contributed by atoms with E-state index in [4.69, 9.17) is 10.5 Å². The van der Waals surface area contributed by atoms with E-state index in [1.165, 1.54) is 6.07 Å². The quantitative estimate of drug-likeness (QED) is 0.715. The van der Waals surface area contributed by atoms with Crippen LogP contribution in [-0.4, -0.2) is 0 Å². The van der Waals surface area contributed by atoms with Crippen LogP contribution in [0.2, 0.25) is 0 Å². The average Bonchev–Trinajstić information content (AvgIpc) is 2.17. The zero-order chi connectivity index (χ0) is 11.5. The Morgan fingerprint density at radius 1 is 1.20 bits per heavy atom. The first-order valence-corrected chi connectivity index (χ1v) is 3.97. The van der Waals surface area contributed by atoms with E-state index in [1.54, 1.807) is 12.1 Å². The van der Waals surface area contributed by atoms with Crippen molar-refractivity contribution in [3.63, 3.8) is 0 Å². The molecule has 0 atom stereocenters. The third-order valence-corrected chi connectivity index (χ3v) is 1.86. The maximum absolute atomic E-state index is 12.5. The van der Waals surface area contributed by atoms with Gasteiger partial charge in [0.15, 0.2) is 0 Å². The summed E-state index contributed by atoms with van der Waals surface area (Å²) in [6.07, 6.45) is -4.95. The first-order valence-electron chi connectivity index (χ1n) is 3.97. The van der Waals surface area contributed by atoms with Crippen molar-refractivity contribution in [3.8, 4) is 12.1 Å². The van der Waals surface area contributed by atoms with E-state index in [9.17, 15) is 13.2 Å². The number of nitriles is 2. The van der Waals surface area contributed by atoms with Gasteiger partial charge >= 0.3 is 6.18 Å². The molecule has 1 aromatic carbocycles. The highest BCUT2D eigenvalue weighted by molar-refractivity contribution is 5.45. The second-order valence-corrected chi connectivity index (χ2v) is 2.78.